The first-order valence-corrected chi connectivity index (χ1v) is 10.0. The summed E-state index contributed by atoms with van der Waals surface area (Å²) in [6, 6.07) is 19.0. The van der Waals surface area contributed by atoms with Crippen molar-refractivity contribution in [2.75, 3.05) is 26.7 Å². The Morgan fingerprint density at radius 3 is 2.63 bits per heavy atom. The number of hydrogen-bond donors (Lipinski definition) is 1. The van der Waals surface area contributed by atoms with Crippen molar-refractivity contribution in [3.63, 3.8) is 0 Å². The summed E-state index contributed by atoms with van der Waals surface area (Å²) in [4.78, 5) is 6.79. The van der Waals surface area contributed by atoms with E-state index >= 15 is 0 Å². The second-order valence-electron chi connectivity index (χ2n) is 7.29. The van der Waals surface area contributed by atoms with Crippen molar-refractivity contribution in [3.8, 4) is 5.69 Å². The second kappa shape index (κ2) is 10.6. The van der Waals surface area contributed by atoms with Gasteiger partial charge in [0.25, 0.3) is 0 Å². The van der Waals surface area contributed by atoms with Crippen LogP contribution in [0.3, 0.4) is 0 Å². The highest BCUT2D eigenvalue weighted by Crippen LogP contribution is 2.26. The van der Waals surface area contributed by atoms with E-state index in [1.165, 1.54) is 17.7 Å². The molecule has 0 spiro atoms. The van der Waals surface area contributed by atoms with Crippen LogP contribution in [0.1, 0.15) is 23.6 Å². The first-order valence-electron chi connectivity index (χ1n) is 10.0. The van der Waals surface area contributed by atoms with Gasteiger partial charge in [-0.3, -0.25) is 4.99 Å². The van der Waals surface area contributed by atoms with Crippen LogP contribution in [0, 0.1) is 5.82 Å². The number of nitrogens with zero attached hydrogens (tertiary/aromatic N) is 4. The molecular weight excluding hydrogens is 492 g/mol. The average Bonchev–Trinajstić information content (AvgIpc) is 3.43. The summed E-state index contributed by atoms with van der Waals surface area (Å²) >= 11 is 0. The lowest BCUT2D eigenvalue weighted by Gasteiger charge is -2.21. The van der Waals surface area contributed by atoms with E-state index in [0.29, 0.717) is 5.92 Å². The lowest BCUT2D eigenvalue weighted by Crippen LogP contribution is -2.40. The zero-order valence-corrected chi connectivity index (χ0v) is 19.4. The summed E-state index contributed by atoms with van der Waals surface area (Å²) < 4.78 is 14.9. The molecule has 0 aliphatic carbocycles. The number of halogens is 2. The van der Waals surface area contributed by atoms with Crippen LogP contribution in [0.25, 0.3) is 5.69 Å². The van der Waals surface area contributed by atoms with E-state index in [1.807, 2.05) is 19.3 Å². The van der Waals surface area contributed by atoms with Crippen LogP contribution < -0.4 is 5.32 Å². The molecule has 0 saturated carbocycles. The zero-order valence-electron chi connectivity index (χ0n) is 17.0. The average molecular weight is 519 g/mol. The largest absolute Gasteiger partial charge is 0.356 e. The van der Waals surface area contributed by atoms with Crippen LogP contribution in [0.4, 0.5) is 4.39 Å². The Labute approximate surface area is 194 Å². The number of nitrogens with one attached hydrogen (secondary N) is 1. The van der Waals surface area contributed by atoms with Gasteiger partial charge in [0, 0.05) is 45.2 Å². The molecule has 2 heterocycles. The van der Waals surface area contributed by atoms with Crippen LogP contribution in [0.5, 0.6) is 0 Å². The quantitative estimate of drug-likeness (QED) is 0.312. The monoisotopic (exact) mass is 519 g/mol. The Kier molecular flexibility index (Phi) is 7.84. The van der Waals surface area contributed by atoms with Crippen LogP contribution in [0.15, 0.2) is 71.9 Å². The minimum absolute atomic E-state index is 0. The molecule has 0 amide bonds. The molecule has 4 rings (SSSR count). The van der Waals surface area contributed by atoms with Crippen molar-refractivity contribution < 1.29 is 4.39 Å². The van der Waals surface area contributed by atoms with E-state index in [9.17, 15) is 4.39 Å². The fraction of sp³-hybridized carbons (Fsp3) is 0.304. The Morgan fingerprint density at radius 1 is 1.13 bits per heavy atom. The standard InChI is InChI=1S/C23H26FN5.HI/c1-25-23(28-15-12-19(17-28)18-5-3-2-4-6-18)26-14-11-21-13-16-29(27-21)22-9-7-20(24)8-10-22;/h2-10,13,16,19H,11-12,14-15,17H2,1H3,(H,25,26);1H. The van der Waals surface area contributed by atoms with Crippen molar-refractivity contribution >= 4 is 29.9 Å². The van der Waals surface area contributed by atoms with Gasteiger partial charge in [0.2, 0.25) is 0 Å². The zero-order chi connectivity index (χ0) is 20.1. The van der Waals surface area contributed by atoms with Crippen LogP contribution in [-0.2, 0) is 6.42 Å². The van der Waals surface area contributed by atoms with Crippen molar-refractivity contribution in [2.45, 2.75) is 18.8 Å². The number of guanidine groups is 1. The number of aromatic nitrogens is 2. The smallest absolute Gasteiger partial charge is 0.193 e. The molecule has 1 aliphatic rings. The fourth-order valence-electron chi connectivity index (χ4n) is 3.82. The van der Waals surface area contributed by atoms with Gasteiger partial charge in [0.1, 0.15) is 5.82 Å². The third-order valence-corrected chi connectivity index (χ3v) is 5.37. The molecule has 30 heavy (non-hydrogen) atoms. The van der Waals surface area contributed by atoms with E-state index in [-0.39, 0.29) is 29.8 Å². The number of aliphatic imine (C=N–C) groups is 1. The molecule has 3 aromatic rings. The van der Waals surface area contributed by atoms with Gasteiger partial charge in [-0.15, -0.1) is 24.0 Å². The van der Waals surface area contributed by atoms with E-state index in [0.717, 1.165) is 49.8 Å². The fourth-order valence-corrected chi connectivity index (χ4v) is 3.82. The highest BCUT2D eigenvalue weighted by Gasteiger charge is 2.25. The molecule has 1 aromatic heterocycles. The molecule has 1 unspecified atom stereocenters. The minimum atomic E-state index is -0.242. The summed E-state index contributed by atoms with van der Waals surface area (Å²) in [6.45, 7) is 2.76. The van der Waals surface area contributed by atoms with E-state index < -0.39 is 0 Å². The number of benzene rings is 2. The second-order valence-corrected chi connectivity index (χ2v) is 7.29. The Hall–Kier alpha value is -2.42. The van der Waals surface area contributed by atoms with E-state index in [1.54, 1.807) is 16.8 Å². The summed E-state index contributed by atoms with van der Waals surface area (Å²) in [7, 11) is 1.83. The van der Waals surface area contributed by atoms with E-state index in [2.05, 4.69) is 50.6 Å². The van der Waals surface area contributed by atoms with Gasteiger partial charge in [-0.05, 0) is 42.3 Å². The molecule has 1 aliphatic heterocycles. The van der Waals surface area contributed by atoms with Gasteiger partial charge in [-0.25, -0.2) is 9.07 Å². The summed E-state index contributed by atoms with van der Waals surface area (Å²) in [5, 5.41) is 8.05. The minimum Gasteiger partial charge on any atom is -0.356 e. The Bertz CT molecular complexity index is 955. The lowest BCUT2D eigenvalue weighted by molar-refractivity contribution is 0.486. The Morgan fingerprint density at radius 2 is 1.90 bits per heavy atom. The van der Waals surface area contributed by atoms with E-state index in [4.69, 9.17) is 0 Å². The van der Waals surface area contributed by atoms with Gasteiger partial charge in [-0.1, -0.05) is 30.3 Å². The molecule has 1 saturated heterocycles. The van der Waals surface area contributed by atoms with Gasteiger partial charge in [-0.2, -0.15) is 5.10 Å². The molecule has 1 N–H and O–H groups in total. The molecule has 5 nitrogen and oxygen atoms in total. The molecule has 1 fully saturated rings. The predicted octanol–water partition coefficient (Wildman–Crippen LogP) is 4.24. The summed E-state index contributed by atoms with van der Waals surface area (Å²) in [5.74, 6) is 1.26. The predicted molar refractivity (Wildman–Crippen MR) is 129 cm³/mol. The topological polar surface area (TPSA) is 45.5 Å². The normalized spacial score (nSPS) is 16.4. The van der Waals surface area contributed by atoms with Crippen molar-refractivity contribution in [3.05, 3.63) is 83.9 Å². The maximum Gasteiger partial charge on any atom is 0.193 e. The number of hydrogen-bond acceptors (Lipinski definition) is 2. The maximum atomic E-state index is 13.1. The molecule has 0 radical (unpaired) electrons. The van der Waals surface area contributed by atoms with Gasteiger partial charge in [0.15, 0.2) is 5.96 Å². The van der Waals surface area contributed by atoms with Gasteiger partial charge >= 0.3 is 0 Å². The van der Waals surface area contributed by atoms with Crippen molar-refractivity contribution in [1.82, 2.24) is 20.0 Å². The van der Waals surface area contributed by atoms with Gasteiger partial charge < -0.3 is 10.2 Å². The first kappa shape index (κ1) is 22.3. The molecule has 2 aromatic carbocycles. The summed E-state index contributed by atoms with van der Waals surface area (Å²) in [5.41, 5.74) is 3.24. The van der Waals surface area contributed by atoms with Crippen molar-refractivity contribution in [2.24, 2.45) is 4.99 Å². The highest BCUT2D eigenvalue weighted by molar-refractivity contribution is 14.0. The molecule has 7 heteroatoms. The SMILES string of the molecule is CN=C(NCCc1ccn(-c2ccc(F)cc2)n1)N1CCC(c2ccccc2)C1.I. The Balaban J connectivity index is 0.00000256. The summed E-state index contributed by atoms with van der Waals surface area (Å²) in [6.07, 6.45) is 3.85. The maximum absolute atomic E-state index is 13.1. The third-order valence-electron chi connectivity index (χ3n) is 5.37. The number of likely N-dealkylation sites (tertiary alicyclic amines) is 1. The third kappa shape index (κ3) is 5.38. The highest BCUT2D eigenvalue weighted by atomic mass is 127. The van der Waals surface area contributed by atoms with Crippen LogP contribution in [-0.4, -0.2) is 47.3 Å². The molecule has 0 bridgehead atoms. The van der Waals surface area contributed by atoms with Crippen LogP contribution in [0.2, 0.25) is 0 Å². The number of rotatable bonds is 5. The van der Waals surface area contributed by atoms with Crippen LogP contribution >= 0.6 is 24.0 Å². The van der Waals surface area contributed by atoms with Crippen molar-refractivity contribution in [1.29, 1.82) is 0 Å². The molecule has 158 valence electrons. The molecular formula is C23H27FIN5. The first-order chi connectivity index (χ1) is 14.2. The lowest BCUT2D eigenvalue weighted by atomic mass is 9.99. The van der Waals surface area contributed by atoms with Gasteiger partial charge in [0.05, 0.1) is 11.4 Å². The molecule has 1 atom stereocenters.